The van der Waals surface area contributed by atoms with Crippen LogP contribution in [0, 0.1) is 0 Å². The smallest absolute Gasteiger partial charge is 0.128 e. The molecule has 0 saturated carbocycles. The van der Waals surface area contributed by atoms with Gasteiger partial charge in [-0.3, -0.25) is 4.90 Å². The average molecular weight is 287 g/mol. The zero-order valence-electron chi connectivity index (χ0n) is 13.4. The molecule has 0 aliphatic heterocycles. The van der Waals surface area contributed by atoms with Gasteiger partial charge in [-0.15, -0.1) is 0 Å². The minimum Gasteiger partial charge on any atom is -0.497 e. The first-order valence-corrected chi connectivity index (χ1v) is 7.48. The van der Waals surface area contributed by atoms with Crippen LogP contribution >= 0.6 is 0 Å². The second kappa shape index (κ2) is 6.76. The van der Waals surface area contributed by atoms with Crippen LogP contribution < -0.4 is 10.5 Å². The van der Waals surface area contributed by atoms with Gasteiger partial charge < -0.3 is 10.5 Å². The molecule has 0 aliphatic rings. The van der Waals surface area contributed by atoms with Gasteiger partial charge in [0.2, 0.25) is 0 Å². The SMILES string of the molecule is CCCC(C)N(C)Cc1cc2ccc(OC)cc2nc1N. The Morgan fingerprint density at radius 3 is 2.76 bits per heavy atom. The zero-order valence-corrected chi connectivity index (χ0v) is 13.4. The number of anilines is 1. The van der Waals surface area contributed by atoms with Gasteiger partial charge in [-0.2, -0.15) is 0 Å². The van der Waals surface area contributed by atoms with E-state index in [1.165, 1.54) is 12.8 Å². The Bertz CT molecular complexity index is 612. The van der Waals surface area contributed by atoms with Crippen molar-refractivity contribution in [3.63, 3.8) is 0 Å². The maximum Gasteiger partial charge on any atom is 0.128 e. The van der Waals surface area contributed by atoms with E-state index in [9.17, 15) is 0 Å². The van der Waals surface area contributed by atoms with E-state index in [2.05, 4.69) is 36.8 Å². The monoisotopic (exact) mass is 287 g/mol. The van der Waals surface area contributed by atoms with Crippen LogP contribution in [0.5, 0.6) is 5.75 Å². The van der Waals surface area contributed by atoms with Crippen molar-refractivity contribution in [2.24, 2.45) is 0 Å². The number of hydrogen-bond donors (Lipinski definition) is 1. The molecule has 114 valence electrons. The fourth-order valence-electron chi connectivity index (χ4n) is 2.52. The fourth-order valence-corrected chi connectivity index (χ4v) is 2.52. The summed E-state index contributed by atoms with van der Waals surface area (Å²) in [4.78, 5) is 6.84. The number of aromatic nitrogens is 1. The highest BCUT2D eigenvalue weighted by atomic mass is 16.5. The van der Waals surface area contributed by atoms with Crippen molar-refractivity contribution in [3.05, 3.63) is 29.8 Å². The summed E-state index contributed by atoms with van der Waals surface area (Å²) in [6, 6.07) is 8.57. The Morgan fingerprint density at radius 2 is 2.10 bits per heavy atom. The van der Waals surface area contributed by atoms with Gasteiger partial charge in [-0.1, -0.05) is 13.3 Å². The predicted octanol–water partition coefficient (Wildman–Crippen LogP) is 3.45. The molecule has 0 bridgehead atoms. The van der Waals surface area contributed by atoms with E-state index in [0.717, 1.165) is 28.8 Å². The van der Waals surface area contributed by atoms with Crippen molar-refractivity contribution < 1.29 is 4.74 Å². The van der Waals surface area contributed by atoms with E-state index in [4.69, 9.17) is 10.5 Å². The number of fused-ring (bicyclic) bond motifs is 1. The third kappa shape index (κ3) is 3.64. The third-order valence-electron chi connectivity index (χ3n) is 4.02. The second-order valence-corrected chi connectivity index (χ2v) is 5.64. The Hall–Kier alpha value is -1.81. The lowest BCUT2D eigenvalue weighted by Gasteiger charge is -2.24. The Labute approximate surface area is 126 Å². The van der Waals surface area contributed by atoms with Crippen LogP contribution in [0.15, 0.2) is 24.3 Å². The molecule has 0 radical (unpaired) electrons. The minimum absolute atomic E-state index is 0.543. The molecule has 4 nitrogen and oxygen atoms in total. The molecular formula is C17H25N3O. The number of pyridine rings is 1. The predicted molar refractivity (Wildman–Crippen MR) is 88.5 cm³/mol. The summed E-state index contributed by atoms with van der Waals surface area (Å²) in [6.45, 7) is 5.28. The molecular weight excluding hydrogens is 262 g/mol. The summed E-state index contributed by atoms with van der Waals surface area (Å²) in [5.41, 5.74) is 8.08. The van der Waals surface area contributed by atoms with Crippen LogP contribution in [-0.4, -0.2) is 30.1 Å². The first-order valence-electron chi connectivity index (χ1n) is 7.48. The van der Waals surface area contributed by atoms with E-state index in [-0.39, 0.29) is 0 Å². The lowest BCUT2D eigenvalue weighted by molar-refractivity contribution is 0.237. The van der Waals surface area contributed by atoms with Crippen molar-refractivity contribution in [3.8, 4) is 5.75 Å². The molecule has 1 aromatic heterocycles. The van der Waals surface area contributed by atoms with Crippen molar-refractivity contribution in [2.45, 2.75) is 39.3 Å². The van der Waals surface area contributed by atoms with Gasteiger partial charge in [0.25, 0.3) is 0 Å². The molecule has 4 heteroatoms. The molecule has 1 aromatic carbocycles. The highest BCUT2D eigenvalue weighted by Crippen LogP contribution is 2.24. The number of benzene rings is 1. The molecule has 0 fully saturated rings. The van der Waals surface area contributed by atoms with Crippen LogP contribution in [0.1, 0.15) is 32.3 Å². The van der Waals surface area contributed by atoms with Crippen molar-refractivity contribution in [1.29, 1.82) is 0 Å². The van der Waals surface area contributed by atoms with Crippen molar-refractivity contribution in [1.82, 2.24) is 9.88 Å². The summed E-state index contributed by atoms with van der Waals surface area (Å²) < 4.78 is 5.23. The van der Waals surface area contributed by atoms with Gasteiger partial charge in [0, 0.05) is 29.6 Å². The first kappa shape index (κ1) is 15.6. The third-order valence-corrected chi connectivity index (χ3v) is 4.02. The standard InChI is InChI=1S/C17H25N3O/c1-5-6-12(2)20(3)11-14-9-13-7-8-15(21-4)10-16(13)19-17(14)18/h7-10,12H,5-6,11H2,1-4H3,(H2,18,19). The number of rotatable bonds is 6. The van der Waals surface area contributed by atoms with Crippen molar-refractivity contribution in [2.75, 3.05) is 19.9 Å². The highest BCUT2D eigenvalue weighted by Gasteiger charge is 2.12. The van der Waals surface area contributed by atoms with Crippen LogP contribution in [-0.2, 0) is 6.54 Å². The molecule has 0 spiro atoms. The second-order valence-electron chi connectivity index (χ2n) is 5.64. The Morgan fingerprint density at radius 1 is 1.33 bits per heavy atom. The molecule has 2 rings (SSSR count). The van der Waals surface area contributed by atoms with Crippen LogP contribution in [0.25, 0.3) is 10.9 Å². The molecule has 0 amide bonds. The van der Waals surface area contributed by atoms with Gasteiger partial charge in [-0.25, -0.2) is 4.98 Å². The molecule has 2 aromatic rings. The summed E-state index contributed by atoms with van der Waals surface area (Å²) in [5, 5.41) is 1.09. The molecule has 1 unspecified atom stereocenters. The Kier molecular flexibility index (Phi) is 5.02. The summed E-state index contributed by atoms with van der Waals surface area (Å²) >= 11 is 0. The van der Waals surface area contributed by atoms with Gasteiger partial charge >= 0.3 is 0 Å². The highest BCUT2D eigenvalue weighted by molar-refractivity contribution is 5.82. The van der Waals surface area contributed by atoms with E-state index in [0.29, 0.717) is 11.9 Å². The quantitative estimate of drug-likeness (QED) is 0.884. The number of ether oxygens (including phenoxy) is 1. The van der Waals surface area contributed by atoms with E-state index >= 15 is 0 Å². The molecule has 1 heterocycles. The normalized spacial score (nSPS) is 12.8. The van der Waals surface area contributed by atoms with E-state index < -0.39 is 0 Å². The molecule has 21 heavy (non-hydrogen) atoms. The zero-order chi connectivity index (χ0) is 15.4. The average Bonchev–Trinajstić information content (AvgIpc) is 2.47. The lowest BCUT2D eigenvalue weighted by Crippen LogP contribution is -2.28. The molecule has 2 N–H and O–H groups in total. The van der Waals surface area contributed by atoms with Crippen LogP contribution in [0.3, 0.4) is 0 Å². The van der Waals surface area contributed by atoms with Gasteiger partial charge in [-0.05, 0) is 38.6 Å². The number of nitrogen functional groups attached to an aromatic ring is 1. The number of nitrogens with zero attached hydrogens (tertiary/aromatic N) is 2. The van der Waals surface area contributed by atoms with E-state index in [1.807, 2.05) is 18.2 Å². The largest absolute Gasteiger partial charge is 0.497 e. The topological polar surface area (TPSA) is 51.4 Å². The van der Waals surface area contributed by atoms with Gasteiger partial charge in [0.05, 0.1) is 12.6 Å². The maximum atomic E-state index is 6.12. The lowest BCUT2D eigenvalue weighted by atomic mass is 10.1. The van der Waals surface area contributed by atoms with E-state index in [1.54, 1.807) is 7.11 Å². The molecule has 0 aliphatic carbocycles. The maximum absolute atomic E-state index is 6.12. The van der Waals surface area contributed by atoms with Crippen LogP contribution in [0.4, 0.5) is 5.82 Å². The minimum atomic E-state index is 0.543. The first-order chi connectivity index (χ1) is 10.0. The molecule has 0 saturated heterocycles. The summed E-state index contributed by atoms with van der Waals surface area (Å²) in [5.74, 6) is 1.40. The van der Waals surface area contributed by atoms with Gasteiger partial charge in [0.15, 0.2) is 0 Å². The summed E-state index contributed by atoms with van der Waals surface area (Å²) in [6.07, 6.45) is 2.38. The number of nitrogens with two attached hydrogens (primary N) is 1. The Balaban J connectivity index is 2.26. The fraction of sp³-hybridized carbons (Fsp3) is 0.471. The van der Waals surface area contributed by atoms with Gasteiger partial charge in [0.1, 0.15) is 11.6 Å². The number of methoxy groups -OCH3 is 1. The van der Waals surface area contributed by atoms with Crippen LogP contribution in [0.2, 0.25) is 0 Å². The van der Waals surface area contributed by atoms with Crippen molar-refractivity contribution >= 4 is 16.7 Å². The molecule has 1 atom stereocenters. The summed E-state index contributed by atoms with van der Waals surface area (Å²) in [7, 11) is 3.79. The number of hydrogen-bond acceptors (Lipinski definition) is 4.